The molecule has 14 atom stereocenters. The fourth-order valence-electron chi connectivity index (χ4n) is 9.45. The van der Waals surface area contributed by atoms with Crippen molar-refractivity contribution in [2.24, 2.45) is 29.6 Å². The van der Waals surface area contributed by atoms with Crippen LogP contribution in [0.25, 0.3) is 0 Å². The first-order valence-electron chi connectivity index (χ1n) is 20.9. The van der Waals surface area contributed by atoms with E-state index < -0.39 is 90.0 Å². The van der Waals surface area contributed by atoms with E-state index in [-0.39, 0.29) is 43.4 Å². The van der Waals surface area contributed by atoms with Gasteiger partial charge >= 0.3 is 5.97 Å². The predicted octanol–water partition coefficient (Wildman–Crippen LogP) is 4.64. The summed E-state index contributed by atoms with van der Waals surface area (Å²) in [5.41, 5.74) is 1.62. The number of methoxy groups -OCH3 is 3. The number of nitrogens with zero attached hydrogens (tertiary/aromatic N) is 1. The van der Waals surface area contributed by atoms with Gasteiger partial charge in [0.2, 0.25) is 5.79 Å². The van der Waals surface area contributed by atoms with Gasteiger partial charge in [-0.15, -0.1) is 6.58 Å². The van der Waals surface area contributed by atoms with Crippen molar-refractivity contribution >= 4 is 23.4 Å². The number of fused-ring (bicyclic) bond motifs is 3. The number of Topliss-reactive ketones (excluding diaryl/α,β-unsaturated/α-hetero) is 2. The molecular weight excluding hydrogens is 734 g/mol. The lowest BCUT2D eigenvalue weighted by Gasteiger charge is -2.47. The Morgan fingerprint density at radius 2 is 1.54 bits per heavy atom. The summed E-state index contributed by atoms with van der Waals surface area (Å²) in [6.45, 7) is 13.2. The van der Waals surface area contributed by atoms with Crippen molar-refractivity contribution < 1.29 is 58.2 Å². The van der Waals surface area contributed by atoms with Crippen LogP contribution in [0, 0.1) is 29.6 Å². The van der Waals surface area contributed by atoms with Gasteiger partial charge in [0.1, 0.15) is 24.0 Å². The van der Waals surface area contributed by atoms with Crippen LogP contribution >= 0.6 is 0 Å². The normalized spacial score (nSPS) is 41.9. The summed E-state index contributed by atoms with van der Waals surface area (Å²) >= 11 is 0. The van der Waals surface area contributed by atoms with E-state index in [1.54, 1.807) is 13.0 Å². The highest BCUT2D eigenvalue weighted by Crippen LogP contribution is 2.39. The predicted molar refractivity (Wildman–Crippen MR) is 213 cm³/mol. The number of hydrogen-bond donors (Lipinski definition) is 3. The van der Waals surface area contributed by atoms with E-state index in [0.29, 0.717) is 56.9 Å². The first kappa shape index (κ1) is 46.9. The number of esters is 1. The minimum atomic E-state index is -2.51. The first-order chi connectivity index (χ1) is 27.0. The Balaban J connectivity index is 1.78. The standard InChI is InChI=1S/C44H69NO12/c1-10-13-30-19-25(2)18-26(3)20-37(54-8)40-38(55-9)22-29(6)44(52,57-40)41(49)42(50)45-17-12-11-14-32(45)43(51)56-39(31-15-16-33(46)36(23-31)53-7)28(5)21-27(4)34(47)24-35(30)48/h10,19,21,26-27,29-34,36-40,46-47,52H,1,11-18,20,22-24H2,2-9H3/b25-19-,28-21-/t26-,27-,29+,30+,31+,32-,33+,34-,36-,37-,38+,39-,40+,44+/m0/s1. The number of allylic oxidation sites excluding steroid dienone is 3. The lowest BCUT2D eigenvalue weighted by Crippen LogP contribution is -2.64. The number of hydrogen-bond acceptors (Lipinski definition) is 12. The molecule has 3 fully saturated rings. The van der Waals surface area contributed by atoms with E-state index in [1.165, 1.54) is 26.2 Å². The number of cyclic esters (lactones) is 1. The third-order valence-corrected chi connectivity index (χ3v) is 12.9. The summed E-state index contributed by atoms with van der Waals surface area (Å²) in [5.74, 6) is -7.58. The highest BCUT2D eigenvalue weighted by Gasteiger charge is 2.56. The SMILES string of the molecule is C=CC[C@@H]1/C=C(/C)C[C@H](C)C[C@H](OC)[C@H]2O[C@@](O)(C(=O)C(=O)N3CCCC[C@H]3C(=O)O[C@H]([C@@H]3CC[C@@H](O)[C@@H](OC)C3)/C(C)=C\[C@H](C)[C@@H](O)CC1=O)[C@H](C)C[C@H]2OC. The highest BCUT2D eigenvalue weighted by atomic mass is 16.7. The molecule has 0 radical (unpaired) electrons. The molecule has 3 N–H and O–H groups in total. The zero-order valence-corrected chi connectivity index (χ0v) is 35.4. The van der Waals surface area contributed by atoms with Gasteiger partial charge in [-0.1, -0.05) is 44.6 Å². The molecule has 3 aliphatic heterocycles. The minimum Gasteiger partial charge on any atom is -0.456 e. The number of piperidine rings is 1. The highest BCUT2D eigenvalue weighted by molar-refractivity contribution is 6.39. The molecule has 1 saturated carbocycles. The Morgan fingerprint density at radius 3 is 2.19 bits per heavy atom. The number of rotatable bonds is 6. The second-order valence-corrected chi connectivity index (χ2v) is 17.3. The van der Waals surface area contributed by atoms with Crippen molar-refractivity contribution in [1.29, 1.82) is 0 Å². The van der Waals surface area contributed by atoms with Crippen LogP contribution in [0.3, 0.4) is 0 Å². The van der Waals surface area contributed by atoms with Gasteiger partial charge in [0, 0.05) is 58.0 Å². The van der Waals surface area contributed by atoms with Crippen LogP contribution in [0.1, 0.15) is 105 Å². The second-order valence-electron chi connectivity index (χ2n) is 17.3. The second kappa shape index (κ2) is 21.0. The van der Waals surface area contributed by atoms with Gasteiger partial charge in [0.05, 0.1) is 30.5 Å². The Bertz CT molecular complexity index is 1480. The molecule has 0 unspecified atom stereocenters. The number of carbonyl (C=O) groups is 4. The zero-order valence-electron chi connectivity index (χ0n) is 35.4. The Kier molecular flexibility index (Phi) is 17.2. The van der Waals surface area contributed by atoms with Gasteiger partial charge in [-0.2, -0.15) is 0 Å². The van der Waals surface area contributed by atoms with E-state index >= 15 is 0 Å². The summed E-state index contributed by atoms with van der Waals surface area (Å²) in [4.78, 5) is 57.7. The van der Waals surface area contributed by atoms with Crippen LogP contribution in [-0.4, -0.2) is 126 Å². The van der Waals surface area contributed by atoms with E-state index in [1.807, 2.05) is 39.8 Å². The van der Waals surface area contributed by atoms with Crippen molar-refractivity contribution in [3.63, 3.8) is 0 Å². The third kappa shape index (κ3) is 11.3. The van der Waals surface area contributed by atoms with Crippen molar-refractivity contribution in [3.05, 3.63) is 36.0 Å². The lowest BCUT2D eigenvalue weighted by molar-refractivity contribution is -0.302. The summed E-state index contributed by atoms with van der Waals surface area (Å²) in [6, 6.07) is -1.10. The summed E-state index contributed by atoms with van der Waals surface area (Å²) in [6.07, 6.45) is 4.67. The van der Waals surface area contributed by atoms with E-state index in [4.69, 9.17) is 23.7 Å². The molecule has 13 heteroatoms. The van der Waals surface area contributed by atoms with Gasteiger partial charge in [-0.05, 0) is 89.5 Å². The quantitative estimate of drug-likeness (QED) is 0.193. The topological polar surface area (TPSA) is 178 Å². The Hall–Kier alpha value is -2.78. The van der Waals surface area contributed by atoms with Crippen LogP contribution in [0.5, 0.6) is 0 Å². The van der Waals surface area contributed by atoms with Crippen molar-refractivity contribution in [1.82, 2.24) is 4.90 Å². The largest absolute Gasteiger partial charge is 0.456 e. The zero-order chi connectivity index (χ0) is 42.2. The molecule has 1 aliphatic carbocycles. The number of ether oxygens (including phenoxy) is 5. The number of amides is 1. The summed E-state index contributed by atoms with van der Waals surface area (Å²) < 4.78 is 29.9. The molecule has 3 heterocycles. The molecular formula is C44H69NO12. The van der Waals surface area contributed by atoms with Crippen molar-refractivity contribution in [2.75, 3.05) is 27.9 Å². The van der Waals surface area contributed by atoms with Crippen LogP contribution in [0.4, 0.5) is 0 Å². The lowest BCUT2D eigenvalue weighted by atomic mass is 9.79. The van der Waals surface area contributed by atoms with E-state index in [2.05, 4.69) is 6.58 Å². The van der Waals surface area contributed by atoms with Crippen molar-refractivity contribution in [2.45, 2.75) is 160 Å². The Labute approximate surface area is 339 Å². The Morgan fingerprint density at radius 1 is 0.877 bits per heavy atom. The van der Waals surface area contributed by atoms with Gasteiger partial charge in [-0.3, -0.25) is 14.4 Å². The first-order valence-corrected chi connectivity index (χ1v) is 20.9. The van der Waals surface area contributed by atoms with Crippen LogP contribution in [0.2, 0.25) is 0 Å². The average Bonchev–Trinajstić information content (AvgIpc) is 3.18. The molecule has 57 heavy (non-hydrogen) atoms. The molecule has 1 amide bonds. The molecule has 2 bridgehead atoms. The van der Waals surface area contributed by atoms with E-state index in [0.717, 1.165) is 5.57 Å². The van der Waals surface area contributed by atoms with Crippen LogP contribution in [0.15, 0.2) is 36.0 Å². The van der Waals surface area contributed by atoms with E-state index in [9.17, 15) is 34.5 Å². The van der Waals surface area contributed by atoms with Gasteiger partial charge in [-0.25, -0.2) is 4.79 Å². The fourth-order valence-corrected chi connectivity index (χ4v) is 9.45. The maximum atomic E-state index is 14.3. The molecule has 4 rings (SSSR count). The number of aliphatic hydroxyl groups is 3. The average molecular weight is 804 g/mol. The monoisotopic (exact) mass is 803 g/mol. The van der Waals surface area contributed by atoms with Gasteiger partial charge < -0.3 is 43.9 Å². The molecule has 4 aliphatic rings. The molecule has 0 aromatic carbocycles. The van der Waals surface area contributed by atoms with Crippen LogP contribution < -0.4 is 0 Å². The number of aliphatic hydroxyl groups excluding tert-OH is 2. The summed E-state index contributed by atoms with van der Waals surface area (Å²) in [5, 5.41) is 34.0. The summed E-state index contributed by atoms with van der Waals surface area (Å²) in [7, 11) is 4.58. The third-order valence-electron chi connectivity index (χ3n) is 12.9. The van der Waals surface area contributed by atoms with Gasteiger partial charge in [0.15, 0.2) is 0 Å². The molecule has 0 spiro atoms. The molecule has 0 aromatic rings. The molecule has 13 nitrogen and oxygen atoms in total. The molecule has 2 saturated heterocycles. The molecule has 322 valence electrons. The van der Waals surface area contributed by atoms with Gasteiger partial charge in [0.25, 0.3) is 11.7 Å². The minimum absolute atomic E-state index is 0.0107. The maximum Gasteiger partial charge on any atom is 0.329 e. The number of carbonyl (C=O) groups excluding carboxylic acids is 4. The maximum absolute atomic E-state index is 14.3. The van der Waals surface area contributed by atoms with Crippen LogP contribution in [-0.2, 0) is 42.9 Å². The fraction of sp³-hybridized carbons (Fsp3) is 0.773. The van der Waals surface area contributed by atoms with Crippen molar-refractivity contribution in [3.8, 4) is 0 Å². The number of ketones is 2. The smallest absolute Gasteiger partial charge is 0.329 e. The molecule has 0 aromatic heterocycles.